The van der Waals surface area contributed by atoms with Crippen molar-refractivity contribution in [2.45, 2.75) is 45.7 Å². The molecule has 1 aliphatic rings. The lowest BCUT2D eigenvalue weighted by molar-refractivity contribution is 0.415. The fourth-order valence-electron chi connectivity index (χ4n) is 2.55. The molecule has 1 heterocycles. The molecule has 3 heteroatoms. The van der Waals surface area contributed by atoms with Crippen molar-refractivity contribution < 1.29 is 4.74 Å². The van der Waals surface area contributed by atoms with Crippen molar-refractivity contribution in [2.75, 3.05) is 19.0 Å². The minimum Gasteiger partial charge on any atom is -0.495 e. The van der Waals surface area contributed by atoms with Gasteiger partial charge in [-0.25, -0.2) is 0 Å². The highest BCUT2D eigenvalue weighted by molar-refractivity contribution is 5.60. The highest BCUT2D eigenvalue weighted by atomic mass is 16.5. The van der Waals surface area contributed by atoms with E-state index < -0.39 is 0 Å². The summed E-state index contributed by atoms with van der Waals surface area (Å²) in [4.78, 5) is 0. The predicted molar refractivity (Wildman–Crippen MR) is 76.6 cm³/mol. The molecule has 0 amide bonds. The number of anilines is 1. The van der Waals surface area contributed by atoms with Gasteiger partial charge < -0.3 is 15.4 Å². The molecule has 0 bridgehead atoms. The Morgan fingerprint density at radius 1 is 1.28 bits per heavy atom. The van der Waals surface area contributed by atoms with Gasteiger partial charge in [0, 0.05) is 18.1 Å². The van der Waals surface area contributed by atoms with Gasteiger partial charge in [-0.1, -0.05) is 0 Å². The number of rotatable bonds is 3. The number of hydrogen-bond acceptors (Lipinski definition) is 3. The summed E-state index contributed by atoms with van der Waals surface area (Å²) in [7, 11) is 1.73. The molecule has 2 N–H and O–H groups in total. The maximum Gasteiger partial charge on any atom is 0.142 e. The van der Waals surface area contributed by atoms with Gasteiger partial charge in [0.05, 0.1) is 12.8 Å². The molecule has 1 fully saturated rings. The molecule has 1 atom stereocenters. The highest BCUT2D eigenvalue weighted by Gasteiger charge is 2.30. The molecule has 1 aliphatic heterocycles. The van der Waals surface area contributed by atoms with Crippen LogP contribution in [0.2, 0.25) is 0 Å². The van der Waals surface area contributed by atoms with Crippen LogP contribution in [0, 0.1) is 13.8 Å². The normalized spacial score (nSPS) is 21.9. The first-order chi connectivity index (χ1) is 8.41. The van der Waals surface area contributed by atoms with E-state index in [2.05, 4.69) is 50.5 Å². The van der Waals surface area contributed by atoms with E-state index in [4.69, 9.17) is 4.74 Å². The Morgan fingerprint density at radius 3 is 2.50 bits per heavy atom. The number of ether oxygens (including phenoxy) is 1. The quantitative estimate of drug-likeness (QED) is 0.863. The van der Waals surface area contributed by atoms with Gasteiger partial charge >= 0.3 is 0 Å². The Bertz CT molecular complexity index is 440. The molecular weight excluding hydrogens is 224 g/mol. The lowest BCUT2D eigenvalue weighted by Gasteiger charge is -2.20. The molecule has 1 saturated heterocycles. The second kappa shape index (κ2) is 4.81. The van der Waals surface area contributed by atoms with Crippen molar-refractivity contribution in [1.82, 2.24) is 5.32 Å². The molecular formula is C15H24N2O. The monoisotopic (exact) mass is 248 g/mol. The number of methoxy groups -OCH3 is 1. The number of benzene rings is 1. The van der Waals surface area contributed by atoms with Crippen LogP contribution in [-0.4, -0.2) is 25.2 Å². The zero-order valence-electron chi connectivity index (χ0n) is 12.1. The van der Waals surface area contributed by atoms with Crippen LogP contribution in [0.3, 0.4) is 0 Å². The van der Waals surface area contributed by atoms with Crippen molar-refractivity contribution in [1.29, 1.82) is 0 Å². The molecule has 0 saturated carbocycles. The van der Waals surface area contributed by atoms with Crippen LogP contribution in [0.4, 0.5) is 5.69 Å². The maximum atomic E-state index is 5.46. The van der Waals surface area contributed by atoms with E-state index in [1.807, 2.05) is 0 Å². The van der Waals surface area contributed by atoms with Crippen LogP contribution in [0.25, 0.3) is 0 Å². The lowest BCUT2D eigenvalue weighted by atomic mass is 10.0. The van der Waals surface area contributed by atoms with E-state index >= 15 is 0 Å². The van der Waals surface area contributed by atoms with Crippen LogP contribution in [-0.2, 0) is 0 Å². The molecule has 1 unspecified atom stereocenters. The molecule has 1 aromatic carbocycles. The first-order valence-electron chi connectivity index (χ1n) is 6.58. The van der Waals surface area contributed by atoms with E-state index in [0.29, 0.717) is 6.04 Å². The molecule has 3 nitrogen and oxygen atoms in total. The summed E-state index contributed by atoms with van der Waals surface area (Å²) in [6, 6.07) is 4.75. The Kier molecular flexibility index (Phi) is 3.53. The van der Waals surface area contributed by atoms with E-state index in [1.54, 1.807) is 7.11 Å². The lowest BCUT2D eigenvalue weighted by Crippen LogP contribution is -2.31. The predicted octanol–water partition coefficient (Wildman–Crippen LogP) is 2.86. The Balaban J connectivity index is 2.16. The van der Waals surface area contributed by atoms with Crippen LogP contribution < -0.4 is 15.4 Å². The molecule has 18 heavy (non-hydrogen) atoms. The Hall–Kier alpha value is -1.22. The van der Waals surface area contributed by atoms with Crippen LogP contribution in [0.5, 0.6) is 5.75 Å². The summed E-state index contributed by atoms with van der Waals surface area (Å²) in [5.41, 5.74) is 3.89. The van der Waals surface area contributed by atoms with E-state index in [0.717, 1.165) is 24.4 Å². The van der Waals surface area contributed by atoms with Crippen LogP contribution >= 0.6 is 0 Å². The van der Waals surface area contributed by atoms with E-state index in [1.165, 1.54) is 11.1 Å². The molecule has 2 rings (SSSR count). The average Bonchev–Trinajstić information content (AvgIpc) is 2.63. The van der Waals surface area contributed by atoms with Gasteiger partial charge in [0.15, 0.2) is 0 Å². The molecule has 0 spiro atoms. The number of nitrogens with one attached hydrogen (secondary N) is 2. The third kappa shape index (κ3) is 2.78. The fourth-order valence-corrected chi connectivity index (χ4v) is 2.55. The van der Waals surface area contributed by atoms with Gasteiger partial charge in [-0.15, -0.1) is 0 Å². The fraction of sp³-hybridized carbons (Fsp3) is 0.600. The van der Waals surface area contributed by atoms with Crippen molar-refractivity contribution in [3.05, 3.63) is 23.3 Å². The van der Waals surface area contributed by atoms with Crippen LogP contribution in [0.15, 0.2) is 12.1 Å². The van der Waals surface area contributed by atoms with E-state index in [-0.39, 0.29) is 5.54 Å². The Morgan fingerprint density at radius 2 is 1.94 bits per heavy atom. The average molecular weight is 248 g/mol. The topological polar surface area (TPSA) is 33.3 Å². The molecule has 0 aromatic heterocycles. The van der Waals surface area contributed by atoms with Crippen LogP contribution in [0.1, 0.15) is 31.4 Å². The van der Waals surface area contributed by atoms with Gasteiger partial charge in [0.1, 0.15) is 5.75 Å². The Labute approximate surface area is 110 Å². The second-order valence-corrected chi connectivity index (χ2v) is 5.95. The summed E-state index contributed by atoms with van der Waals surface area (Å²) >= 11 is 0. The molecule has 0 radical (unpaired) electrons. The van der Waals surface area contributed by atoms with Crippen molar-refractivity contribution >= 4 is 5.69 Å². The molecule has 0 aliphatic carbocycles. The SMILES string of the molecule is COc1cc(C)c(C)cc1NC1CNC(C)(C)C1. The maximum absolute atomic E-state index is 5.46. The molecule has 1 aromatic rings. The van der Waals surface area contributed by atoms with Gasteiger partial charge in [-0.3, -0.25) is 0 Å². The largest absolute Gasteiger partial charge is 0.495 e. The zero-order chi connectivity index (χ0) is 13.3. The van der Waals surface area contributed by atoms with Gasteiger partial charge in [0.25, 0.3) is 0 Å². The number of aryl methyl sites for hydroxylation is 2. The van der Waals surface area contributed by atoms with Crippen molar-refractivity contribution in [3.8, 4) is 5.75 Å². The summed E-state index contributed by atoms with van der Waals surface area (Å²) in [6.07, 6.45) is 1.13. The molecule has 100 valence electrons. The summed E-state index contributed by atoms with van der Waals surface area (Å²) in [5.74, 6) is 0.933. The van der Waals surface area contributed by atoms with E-state index in [9.17, 15) is 0 Å². The third-order valence-electron chi connectivity index (χ3n) is 3.76. The number of hydrogen-bond donors (Lipinski definition) is 2. The second-order valence-electron chi connectivity index (χ2n) is 5.95. The summed E-state index contributed by atoms with van der Waals surface area (Å²) < 4.78 is 5.46. The minimum absolute atomic E-state index is 0.227. The first-order valence-corrected chi connectivity index (χ1v) is 6.58. The smallest absolute Gasteiger partial charge is 0.142 e. The highest BCUT2D eigenvalue weighted by Crippen LogP contribution is 2.30. The standard InChI is InChI=1S/C15H24N2O/c1-10-6-13(14(18-5)7-11(10)2)17-12-8-15(3,4)16-9-12/h6-7,12,16-17H,8-9H2,1-5H3. The first kappa shape index (κ1) is 13.2. The minimum atomic E-state index is 0.227. The van der Waals surface area contributed by atoms with Gasteiger partial charge in [0.2, 0.25) is 0 Å². The van der Waals surface area contributed by atoms with Crippen molar-refractivity contribution in [3.63, 3.8) is 0 Å². The van der Waals surface area contributed by atoms with Crippen molar-refractivity contribution in [2.24, 2.45) is 0 Å². The summed E-state index contributed by atoms with van der Waals surface area (Å²) in [5, 5.41) is 7.12. The van der Waals surface area contributed by atoms with Gasteiger partial charge in [-0.2, -0.15) is 0 Å². The zero-order valence-corrected chi connectivity index (χ0v) is 12.1. The summed E-state index contributed by atoms with van der Waals surface area (Å²) in [6.45, 7) is 9.74. The third-order valence-corrected chi connectivity index (χ3v) is 3.76. The van der Waals surface area contributed by atoms with Gasteiger partial charge in [-0.05, 0) is 57.4 Å².